The molecular formula is C18H22FN. The molecule has 0 unspecified atom stereocenters. The number of hydrogen-bond donors (Lipinski definition) is 1. The molecule has 0 aliphatic carbocycles. The summed E-state index contributed by atoms with van der Waals surface area (Å²) >= 11 is 0. The lowest BCUT2D eigenvalue weighted by atomic mass is 9.86. The quantitative estimate of drug-likeness (QED) is 0.824. The summed E-state index contributed by atoms with van der Waals surface area (Å²) in [7, 11) is 0. The molecule has 0 heterocycles. The third-order valence-corrected chi connectivity index (χ3v) is 3.52. The molecule has 0 saturated carbocycles. The standard InChI is InChI=1S/C18H22FN/c1-13-9-10-15(19)11-14(13)12-20-17-8-6-5-7-16(17)18(2,3)4/h5-11,20H,12H2,1-4H3. The minimum atomic E-state index is -0.184. The highest BCUT2D eigenvalue weighted by Crippen LogP contribution is 2.29. The maximum atomic E-state index is 13.3. The number of para-hydroxylation sites is 1. The van der Waals surface area contributed by atoms with Crippen LogP contribution in [0.4, 0.5) is 10.1 Å². The predicted molar refractivity (Wildman–Crippen MR) is 83.6 cm³/mol. The summed E-state index contributed by atoms with van der Waals surface area (Å²) in [5.41, 5.74) is 4.57. The number of rotatable bonds is 3. The second-order valence-corrected chi connectivity index (χ2v) is 6.22. The minimum Gasteiger partial charge on any atom is -0.381 e. The zero-order chi connectivity index (χ0) is 14.8. The van der Waals surface area contributed by atoms with Crippen molar-refractivity contribution in [2.45, 2.75) is 39.7 Å². The maximum absolute atomic E-state index is 13.3. The highest BCUT2D eigenvalue weighted by Gasteiger charge is 2.17. The summed E-state index contributed by atoms with van der Waals surface area (Å²) in [5, 5.41) is 3.44. The SMILES string of the molecule is Cc1ccc(F)cc1CNc1ccccc1C(C)(C)C. The van der Waals surface area contributed by atoms with Gasteiger partial charge in [-0.3, -0.25) is 0 Å². The van der Waals surface area contributed by atoms with Crippen molar-refractivity contribution >= 4 is 5.69 Å². The zero-order valence-electron chi connectivity index (χ0n) is 12.6. The molecule has 20 heavy (non-hydrogen) atoms. The largest absolute Gasteiger partial charge is 0.381 e. The van der Waals surface area contributed by atoms with Crippen molar-refractivity contribution in [2.24, 2.45) is 0 Å². The Morgan fingerprint density at radius 2 is 1.75 bits per heavy atom. The Kier molecular flexibility index (Phi) is 4.12. The molecule has 1 N–H and O–H groups in total. The second-order valence-electron chi connectivity index (χ2n) is 6.22. The van der Waals surface area contributed by atoms with E-state index < -0.39 is 0 Å². The van der Waals surface area contributed by atoms with E-state index in [9.17, 15) is 4.39 Å². The van der Waals surface area contributed by atoms with Gasteiger partial charge in [0.05, 0.1) is 0 Å². The fourth-order valence-corrected chi connectivity index (χ4v) is 2.31. The van der Waals surface area contributed by atoms with Crippen LogP contribution < -0.4 is 5.32 Å². The minimum absolute atomic E-state index is 0.0839. The Morgan fingerprint density at radius 3 is 2.45 bits per heavy atom. The molecule has 106 valence electrons. The molecule has 2 heteroatoms. The summed E-state index contributed by atoms with van der Waals surface area (Å²) in [6.07, 6.45) is 0. The Bertz CT molecular complexity index is 597. The van der Waals surface area contributed by atoms with E-state index in [4.69, 9.17) is 0 Å². The molecule has 0 fully saturated rings. The molecule has 1 nitrogen and oxygen atoms in total. The molecule has 0 spiro atoms. The first-order valence-electron chi connectivity index (χ1n) is 6.96. The van der Waals surface area contributed by atoms with E-state index in [1.165, 1.54) is 11.6 Å². The molecule has 0 aromatic heterocycles. The fraction of sp³-hybridized carbons (Fsp3) is 0.333. The first kappa shape index (κ1) is 14.6. The lowest BCUT2D eigenvalue weighted by molar-refractivity contribution is 0.591. The molecule has 0 saturated heterocycles. The van der Waals surface area contributed by atoms with E-state index in [1.54, 1.807) is 6.07 Å². The lowest BCUT2D eigenvalue weighted by Crippen LogP contribution is -2.15. The number of aryl methyl sites for hydroxylation is 1. The average Bonchev–Trinajstić information content (AvgIpc) is 2.39. The van der Waals surface area contributed by atoms with Crippen LogP contribution in [0, 0.1) is 12.7 Å². The van der Waals surface area contributed by atoms with Crippen LogP contribution in [0.25, 0.3) is 0 Å². The summed E-state index contributed by atoms with van der Waals surface area (Å²) in [4.78, 5) is 0. The smallest absolute Gasteiger partial charge is 0.123 e. The molecule has 0 amide bonds. The van der Waals surface area contributed by atoms with Crippen molar-refractivity contribution < 1.29 is 4.39 Å². The number of benzene rings is 2. The van der Waals surface area contributed by atoms with Crippen LogP contribution in [-0.4, -0.2) is 0 Å². The van der Waals surface area contributed by atoms with Gasteiger partial charge in [0.1, 0.15) is 5.82 Å². The van der Waals surface area contributed by atoms with Crippen molar-refractivity contribution in [3.8, 4) is 0 Å². The van der Waals surface area contributed by atoms with Gasteiger partial charge >= 0.3 is 0 Å². The van der Waals surface area contributed by atoms with Crippen LogP contribution in [0.15, 0.2) is 42.5 Å². The first-order chi connectivity index (χ1) is 9.38. The zero-order valence-corrected chi connectivity index (χ0v) is 12.6. The molecule has 0 atom stereocenters. The highest BCUT2D eigenvalue weighted by atomic mass is 19.1. The van der Waals surface area contributed by atoms with Crippen LogP contribution in [0.5, 0.6) is 0 Å². The normalized spacial score (nSPS) is 11.4. The van der Waals surface area contributed by atoms with Crippen LogP contribution >= 0.6 is 0 Å². The van der Waals surface area contributed by atoms with Gasteiger partial charge in [0.2, 0.25) is 0 Å². The predicted octanol–water partition coefficient (Wildman–Crippen LogP) is 5.04. The third-order valence-electron chi connectivity index (χ3n) is 3.52. The molecule has 0 aliphatic rings. The second kappa shape index (κ2) is 5.66. The summed E-state index contributed by atoms with van der Waals surface area (Å²) < 4.78 is 13.3. The number of halogens is 1. The van der Waals surface area contributed by atoms with Crippen molar-refractivity contribution in [3.05, 3.63) is 65.0 Å². The van der Waals surface area contributed by atoms with Crippen molar-refractivity contribution in [1.29, 1.82) is 0 Å². The van der Waals surface area contributed by atoms with E-state index in [1.807, 2.05) is 19.1 Å². The maximum Gasteiger partial charge on any atom is 0.123 e. The van der Waals surface area contributed by atoms with E-state index in [2.05, 4.69) is 44.3 Å². The van der Waals surface area contributed by atoms with Crippen LogP contribution in [0.2, 0.25) is 0 Å². The molecular weight excluding hydrogens is 249 g/mol. The van der Waals surface area contributed by atoms with E-state index in [0.717, 1.165) is 16.8 Å². The summed E-state index contributed by atoms with van der Waals surface area (Å²) in [6, 6.07) is 13.2. The van der Waals surface area contributed by atoms with Gasteiger partial charge in [-0.2, -0.15) is 0 Å². The van der Waals surface area contributed by atoms with Gasteiger partial charge in [-0.15, -0.1) is 0 Å². The van der Waals surface area contributed by atoms with Gasteiger partial charge in [-0.1, -0.05) is 45.0 Å². The van der Waals surface area contributed by atoms with E-state index in [-0.39, 0.29) is 11.2 Å². The third kappa shape index (κ3) is 3.38. The fourth-order valence-electron chi connectivity index (χ4n) is 2.31. The molecule has 0 radical (unpaired) electrons. The monoisotopic (exact) mass is 271 g/mol. The van der Waals surface area contributed by atoms with Gasteiger partial charge in [-0.05, 0) is 47.2 Å². The molecule has 2 rings (SSSR count). The van der Waals surface area contributed by atoms with E-state index in [0.29, 0.717) is 6.54 Å². The van der Waals surface area contributed by atoms with Crippen LogP contribution in [0.1, 0.15) is 37.5 Å². The average molecular weight is 271 g/mol. The van der Waals surface area contributed by atoms with Crippen LogP contribution in [-0.2, 0) is 12.0 Å². The number of nitrogens with one attached hydrogen (secondary N) is 1. The van der Waals surface area contributed by atoms with Crippen molar-refractivity contribution in [2.75, 3.05) is 5.32 Å². The molecule has 2 aromatic rings. The highest BCUT2D eigenvalue weighted by molar-refractivity contribution is 5.54. The molecule has 0 bridgehead atoms. The van der Waals surface area contributed by atoms with Gasteiger partial charge in [0.25, 0.3) is 0 Å². The Morgan fingerprint density at radius 1 is 1.05 bits per heavy atom. The van der Waals surface area contributed by atoms with Gasteiger partial charge in [0.15, 0.2) is 0 Å². The van der Waals surface area contributed by atoms with Crippen LogP contribution in [0.3, 0.4) is 0 Å². The Balaban J connectivity index is 2.21. The number of hydrogen-bond acceptors (Lipinski definition) is 1. The molecule has 2 aromatic carbocycles. The lowest BCUT2D eigenvalue weighted by Gasteiger charge is -2.23. The molecule has 0 aliphatic heterocycles. The van der Waals surface area contributed by atoms with Gasteiger partial charge in [-0.25, -0.2) is 4.39 Å². The topological polar surface area (TPSA) is 12.0 Å². The Labute approximate surface area is 120 Å². The summed E-state index contributed by atoms with van der Waals surface area (Å²) in [5.74, 6) is -0.184. The van der Waals surface area contributed by atoms with E-state index >= 15 is 0 Å². The van der Waals surface area contributed by atoms with Crippen molar-refractivity contribution in [3.63, 3.8) is 0 Å². The number of anilines is 1. The summed E-state index contributed by atoms with van der Waals surface area (Å²) in [6.45, 7) is 9.23. The van der Waals surface area contributed by atoms with Gasteiger partial charge in [0, 0.05) is 12.2 Å². The first-order valence-corrected chi connectivity index (χ1v) is 6.96. The van der Waals surface area contributed by atoms with Crippen molar-refractivity contribution in [1.82, 2.24) is 0 Å². The van der Waals surface area contributed by atoms with Gasteiger partial charge < -0.3 is 5.32 Å². The Hall–Kier alpha value is -1.83.